The predicted octanol–water partition coefficient (Wildman–Crippen LogP) is 2.11. The van der Waals surface area contributed by atoms with E-state index in [9.17, 15) is 18.5 Å². The van der Waals surface area contributed by atoms with Crippen LogP contribution in [-0.4, -0.2) is 30.7 Å². The minimum Gasteiger partial charge on any atom is -0.486 e. The highest BCUT2D eigenvalue weighted by Crippen LogP contribution is 2.23. The molecule has 0 spiro atoms. The van der Waals surface area contributed by atoms with E-state index in [1.807, 2.05) is 0 Å². The lowest BCUT2D eigenvalue weighted by atomic mass is 10.3. The molecular formula is C10H13ClN2O5S. The molecule has 1 rings (SSSR count). The lowest BCUT2D eigenvalue weighted by molar-refractivity contribution is -0.390. The molecule has 0 aliphatic carbocycles. The number of halogens is 1. The highest BCUT2D eigenvalue weighted by atomic mass is 35.7. The fourth-order valence-electron chi connectivity index (χ4n) is 1.37. The summed E-state index contributed by atoms with van der Waals surface area (Å²) in [6, 6.07) is 3.01. The van der Waals surface area contributed by atoms with E-state index < -0.39 is 14.0 Å². The predicted molar refractivity (Wildman–Crippen MR) is 69.9 cm³/mol. The van der Waals surface area contributed by atoms with E-state index >= 15 is 0 Å². The van der Waals surface area contributed by atoms with Crippen LogP contribution in [0.15, 0.2) is 18.3 Å². The van der Waals surface area contributed by atoms with Gasteiger partial charge in [0.15, 0.2) is 0 Å². The standard InChI is InChI=1S/C10H13ClN2O5S/c11-19(16,17)8-3-1-2-7-18-9-5-4-6-12-10(9)13(14)15/h4-6H,1-3,7-8H2. The molecule has 0 saturated heterocycles. The van der Waals surface area contributed by atoms with Crippen molar-refractivity contribution in [2.24, 2.45) is 0 Å². The number of aromatic nitrogens is 1. The Morgan fingerprint density at radius 3 is 2.74 bits per heavy atom. The number of rotatable bonds is 8. The summed E-state index contributed by atoms with van der Waals surface area (Å²) in [5.41, 5.74) is 0. The number of hydrogen-bond acceptors (Lipinski definition) is 6. The number of ether oxygens (including phenoxy) is 1. The number of pyridine rings is 1. The third-order valence-electron chi connectivity index (χ3n) is 2.21. The molecular weight excluding hydrogens is 296 g/mol. The zero-order chi connectivity index (χ0) is 14.3. The normalized spacial score (nSPS) is 11.2. The highest BCUT2D eigenvalue weighted by Gasteiger charge is 2.15. The molecule has 9 heteroatoms. The van der Waals surface area contributed by atoms with Crippen molar-refractivity contribution in [1.82, 2.24) is 4.98 Å². The topological polar surface area (TPSA) is 99.4 Å². The molecule has 0 atom stereocenters. The number of nitrogens with zero attached hydrogens (tertiary/aromatic N) is 2. The first kappa shape index (κ1) is 15.6. The van der Waals surface area contributed by atoms with Gasteiger partial charge in [0, 0.05) is 10.7 Å². The van der Waals surface area contributed by atoms with Crippen molar-refractivity contribution >= 4 is 25.6 Å². The van der Waals surface area contributed by atoms with Crippen LogP contribution in [0.4, 0.5) is 5.82 Å². The Morgan fingerprint density at radius 1 is 1.37 bits per heavy atom. The first-order chi connectivity index (χ1) is 8.90. The summed E-state index contributed by atoms with van der Waals surface area (Å²) < 4.78 is 26.6. The van der Waals surface area contributed by atoms with Crippen molar-refractivity contribution in [2.75, 3.05) is 12.4 Å². The number of hydrogen-bond donors (Lipinski definition) is 0. The van der Waals surface area contributed by atoms with Crippen LogP contribution in [0, 0.1) is 10.1 Å². The monoisotopic (exact) mass is 308 g/mol. The van der Waals surface area contributed by atoms with Crippen LogP contribution in [-0.2, 0) is 9.05 Å². The van der Waals surface area contributed by atoms with Crippen LogP contribution in [0.2, 0.25) is 0 Å². The molecule has 7 nitrogen and oxygen atoms in total. The van der Waals surface area contributed by atoms with Gasteiger partial charge in [0.05, 0.1) is 12.4 Å². The molecule has 0 aliphatic heterocycles. The van der Waals surface area contributed by atoms with Crippen LogP contribution in [0.25, 0.3) is 0 Å². The van der Waals surface area contributed by atoms with Crippen molar-refractivity contribution in [3.05, 3.63) is 28.4 Å². The minimum atomic E-state index is -3.45. The molecule has 0 N–H and O–H groups in total. The van der Waals surface area contributed by atoms with Gasteiger partial charge < -0.3 is 14.9 Å². The molecule has 0 bridgehead atoms. The van der Waals surface area contributed by atoms with E-state index in [2.05, 4.69) is 4.98 Å². The van der Waals surface area contributed by atoms with Crippen molar-refractivity contribution < 1.29 is 18.1 Å². The Bertz CT molecular complexity index is 534. The average molecular weight is 309 g/mol. The molecule has 0 amide bonds. The van der Waals surface area contributed by atoms with Crippen LogP contribution < -0.4 is 4.74 Å². The molecule has 19 heavy (non-hydrogen) atoms. The highest BCUT2D eigenvalue weighted by molar-refractivity contribution is 8.13. The smallest absolute Gasteiger partial charge is 0.406 e. The lowest BCUT2D eigenvalue weighted by Crippen LogP contribution is -2.03. The Morgan fingerprint density at radius 2 is 2.11 bits per heavy atom. The second kappa shape index (κ2) is 7.25. The van der Waals surface area contributed by atoms with Crippen LogP contribution in [0.1, 0.15) is 19.3 Å². The molecule has 0 aliphatic rings. The van der Waals surface area contributed by atoms with Crippen molar-refractivity contribution in [1.29, 1.82) is 0 Å². The first-order valence-electron chi connectivity index (χ1n) is 5.55. The van der Waals surface area contributed by atoms with Crippen molar-refractivity contribution in [3.8, 4) is 5.75 Å². The zero-order valence-electron chi connectivity index (χ0n) is 9.99. The van der Waals surface area contributed by atoms with Gasteiger partial charge in [-0.25, -0.2) is 8.42 Å². The number of nitro groups is 1. The maximum Gasteiger partial charge on any atom is 0.406 e. The molecule has 1 aromatic heterocycles. The first-order valence-corrected chi connectivity index (χ1v) is 8.02. The fraction of sp³-hybridized carbons (Fsp3) is 0.500. The van der Waals surface area contributed by atoms with Gasteiger partial charge in [-0.05, 0) is 41.3 Å². The van der Waals surface area contributed by atoms with Gasteiger partial charge in [0.2, 0.25) is 14.8 Å². The van der Waals surface area contributed by atoms with Crippen molar-refractivity contribution in [2.45, 2.75) is 19.3 Å². The Labute approximate surface area is 115 Å². The second-order valence-corrected chi connectivity index (χ2v) is 6.63. The van der Waals surface area contributed by atoms with E-state index in [1.54, 1.807) is 6.07 Å². The van der Waals surface area contributed by atoms with Gasteiger partial charge in [0.25, 0.3) is 0 Å². The lowest BCUT2D eigenvalue weighted by Gasteiger charge is -2.05. The van der Waals surface area contributed by atoms with Crippen LogP contribution >= 0.6 is 10.7 Å². The summed E-state index contributed by atoms with van der Waals surface area (Å²) in [5, 5.41) is 10.6. The maximum absolute atomic E-state index is 10.7. The summed E-state index contributed by atoms with van der Waals surface area (Å²) in [5.74, 6) is -0.301. The molecule has 0 fully saturated rings. The Kier molecular flexibility index (Phi) is 5.97. The van der Waals surface area contributed by atoms with Crippen LogP contribution in [0.5, 0.6) is 5.75 Å². The summed E-state index contributed by atoms with van der Waals surface area (Å²) in [4.78, 5) is 13.6. The maximum atomic E-state index is 10.7. The third kappa shape index (κ3) is 6.35. The zero-order valence-corrected chi connectivity index (χ0v) is 11.6. The van der Waals surface area contributed by atoms with Gasteiger partial charge in [-0.15, -0.1) is 0 Å². The van der Waals surface area contributed by atoms with Gasteiger partial charge in [-0.3, -0.25) is 0 Å². The Hall–Kier alpha value is -1.41. The molecule has 1 aromatic rings. The molecule has 0 aromatic carbocycles. The van der Waals surface area contributed by atoms with E-state index in [-0.39, 0.29) is 23.9 Å². The van der Waals surface area contributed by atoms with E-state index in [0.29, 0.717) is 19.3 Å². The third-order valence-corrected chi connectivity index (χ3v) is 3.45. The van der Waals surface area contributed by atoms with Gasteiger partial charge in [-0.2, -0.15) is 0 Å². The molecule has 0 unspecified atom stereocenters. The van der Waals surface area contributed by atoms with Crippen molar-refractivity contribution in [3.63, 3.8) is 0 Å². The van der Waals surface area contributed by atoms with Gasteiger partial charge in [-0.1, -0.05) is 0 Å². The molecule has 0 radical (unpaired) electrons. The molecule has 0 saturated carbocycles. The number of unbranched alkanes of at least 4 members (excludes halogenated alkanes) is 2. The summed E-state index contributed by atoms with van der Waals surface area (Å²) in [6.45, 7) is 0.259. The molecule has 106 valence electrons. The van der Waals surface area contributed by atoms with Gasteiger partial charge >= 0.3 is 5.82 Å². The van der Waals surface area contributed by atoms with E-state index in [4.69, 9.17) is 15.4 Å². The largest absolute Gasteiger partial charge is 0.486 e. The summed E-state index contributed by atoms with van der Waals surface area (Å²) >= 11 is 0. The minimum absolute atomic E-state index is 0.0818. The quantitative estimate of drug-likeness (QED) is 0.315. The summed E-state index contributed by atoms with van der Waals surface area (Å²) in [6.07, 6.45) is 2.94. The van der Waals surface area contributed by atoms with E-state index in [0.717, 1.165) is 0 Å². The Balaban J connectivity index is 2.32. The van der Waals surface area contributed by atoms with Crippen LogP contribution in [0.3, 0.4) is 0 Å². The second-order valence-electron chi connectivity index (χ2n) is 3.73. The average Bonchev–Trinajstić information content (AvgIpc) is 2.32. The fourth-order valence-corrected chi connectivity index (χ4v) is 2.24. The summed E-state index contributed by atoms with van der Waals surface area (Å²) in [7, 11) is 1.61. The van der Waals surface area contributed by atoms with E-state index in [1.165, 1.54) is 12.3 Å². The molecule has 1 heterocycles. The SMILES string of the molecule is O=[N+]([O-])c1ncccc1OCCCCCS(=O)(=O)Cl. The van der Waals surface area contributed by atoms with Gasteiger partial charge in [0.1, 0.15) is 6.20 Å².